The monoisotopic (exact) mass is 307 g/mol. The lowest BCUT2D eigenvalue weighted by atomic mass is 10.4. The summed E-state index contributed by atoms with van der Waals surface area (Å²) < 4.78 is 34.9. The van der Waals surface area contributed by atoms with E-state index in [4.69, 9.17) is 0 Å². The van der Waals surface area contributed by atoms with Gasteiger partial charge in [-0.05, 0) is 18.4 Å². The minimum atomic E-state index is -3.98. The highest BCUT2D eigenvalue weighted by Gasteiger charge is 2.30. The first-order valence-corrected chi connectivity index (χ1v) is 7.51. The summed E-state index contributed by atoms with van der Waals surface area (Å²) in [5.74, 6) is -1.54. The van der Waals surface area contributed by atoms with Gasteiger partial charge in [0.25, 0.3) is 0 Å². The normalized spacial score (nSPS) is 12.6. The third-order valence-electron chi connectivity index (χ3n) is 2.29. The van der Waals surface area contributed by atoms with E-state index in [2.05, 4.69) is 14.2 Å². The second-order valence-electron chi connectivity index (χ2n) is 3.47. The predicted octanol–water partition coefficient (Wildman–Crippen LogP) is 0.838. The molecule has 1 N–H and O–H groups in total. The maximum atomic E-state index is 11.9. The number of ether oxygens (including phenoxy) is 2. The van der Waals surface area contributed by atoms with Gasteiger partial charge in [0.05, 0.1) is 19.9 Å². The third-order valence-corrected chi connectivity index (χ3v) is 4.81. The Morgan fingerprint density at radius 1 is 1.32 bits per heavy atom. The number of hydrogen-bond acceptors (Lipinski definition) is 7. The maximum absolute atomic E-state index is 11.9. The Hall–Kier alpha value is -1.61. The zero-order valence-electron chi connectivity index (χ0n) is 10.5. The van der Waals surface area contributed by atoms with Gasteiger partial charge in [0.1, 0.15) is 4.88 Å². The highest BCUT2D eigenvalue weighted by Crippen LogP contribution is 2.25. The van der Waals surface area contributed by atoms with Crippen LogP contribution in [0.15, 0.2) is 11.4 Å². The van der Waals surface area contributed by atoms with Crippen molar-refractivity contribution in [2.45, 2.75) is 12.2 Å². The molecule has 0 spiro atoms. The van der Waals surface area contributed by atoms with Crippen LogP contribution in [0.3, 0.4) is 0 Å². The fourth-order valence-electron chi connectivity index (χ4n) is 1.17. The molecule has 0 saturated carbocycles. The van der Waals surface area contributed by atoms with Crippen LogP contribution >= 0.6 is 11.3 Å². The molecule has 0 fully saturated rings. The Kier molecular flexibility index (Phi) is 4.90. The molecule has 0 aliphatic rings. The van der Waals surface area contributed by atoms with Crippen molar-refractivity contribution >= 4 is 39.0 Å². The number of anilines is 1. The van der Waals surface area contributed by atoms with E-state index in [0.717, 1.165) is 18.4 Å². The van der Waals surface area contributed by atoms with Crippen LogP contribution in [-0.2, 0) is 24.3 Å². The highest BCUT2D eigenvalue weighted by molar-refractivity contribution is 7.94. The molecule has 0 amide bonds. The van der Waals surface area contributed by atoms with Crippen LogP contribution in [0.4, 0.5) is 5.69 Å². The summed E-state index contributed by atoms with van der Waals surface area (Å²) in [7, 11) is -1.70. The minimum absolute atomic E-state index is 0.0765. The van der Waals surface area contributed by atoms with Crippen LogP contribution in [-0.4, -0.2) is 39.8 Å². The Bertz CT molecular complexity index is 577. The molecule has 0 bridgehead atoms. The Morgan fingerprint density at radius 2 is 1.95 bits per heavy atom. The quantitative estimate of drug-likeness (QED) is 0.809. The van der Waals surface area contributed by atoms with Crippen molar-refractivity contribution in [3.05, 3.63) is 16.3 Å². The minimum Gasteiger partial charge on any atom is -0.468 e. The summed E-state index contributed by atoms with van der Waals surface area (Å²) in [5.41, 5.74) is 0.0765. The number of sulfonamides is 1. The van der Waals surface area contributed by atoms with Crippen LogP contribution in [0, 0.1) is 0 Å². The fourth-order valence-corrected chi connectivity index (χ4v) is 3.01. The molecule has 0 radical (unpaired) electrons. The Balaban J connectivity index is 3.00. The summed E-state index contributed by atoms with van der Waals surface area (Å²) >= 11 is 1.03. The second kappa shape index (κ2) is 6.02. The molecular formula is C10H13NO6S2. The Morgan fingerprint density at radius 3 is 2.47 bits per heavy atom. The van der Waals surface area contributed by atoms with Gasteiger partial charge in [-0.2, -0.15) is 0 Å². The van der Waals surface area contributed by atoms with Crippen LogP contribution in [0.5, 0.6) is 0 Å². The number of rotatable bonds is 5. The van der Waals surface area contributed by atoms with Gasteiger partial charge < -0.3 is 9.47 Å². The van der Waals surface area contributed by atoms with E-state index < -0.39 is 27.2 Å². The third kappa shape index (κ3) is 3.44. The molecule has 1 atom stereocenters. The smallest absolute Gasteiger partial charge is 0.350 e. The van der Waals surface area contributed by atoms with Gasteiger partial charge in [-0.25, -0.2) is 13.2 Å². The van der Waals surface area contributed by atoms with Gasteiger partial charge in [-0.1, -0.05) is 0 Å². The standard InChI is InChI=1S/C10H13NO6S2/c1-6(9(12)16-2)19(14,15)11-7-4-5-18-8(7)10(13)17-3/h4-6,11H,1-3H3. The number of esters is 2. The van der Waals surface area contributed by atoms with Crippen molar-refractivity contribution in [1.82, 2.24) is 0 Å². The average molecular weight is 307 g/mol. The van der Waals surface area contributed by atoms with E-state index in [1.165, 1.54) is 25.5 Å². The maximum Gasteiger partial charge on any atom is 0.350 e. The largest absolute Gasteiger partial charge is 0.468 e. The average Bonchev–Trinajstić information content (AvgIpc) is 2.83. The molecule has 0 saturated heterocycles. The lowest BCUT2D eigenvalue weighted by Gasteiger charge is -2.12. The summed E-state index contributed by atoms with van der Waals surface area (Å²) in [6.45, 7) is 1.19. The summed E-state index contributed by atoms with van der Waals surface area (Å²) in [5, 5.41) is 0.148. The number of nitrogens with one attached hydrogen (secondary N) is 1. The van der Waals surface area contributed by atoms with Crippen molar-refractivity contribution < 1.29 is 27.5 Å². The molecule has 1 rings (SSSR count). The molecule has 1 unspecified atom stereocenters. The number of carbonyl (C=O) groups excluding carboxylic acids is 2. The number of thiophene rings is 1. The zero-order chi connectivity index (χ0) is 14.6. The highest BCUT2D eigenvalue weighted by atomic mass is 32.2. The molecule has 0 aromatic carbocycles. The van der Waals surface area contributed by atoms with Gasteiger partial charge in [-0.15, -0.1) is 11.3 Å². The summed E-state index contributed by atoms with van der Waals surface area (Å²) in [6, 6.07) is 1.42. The summed E-state index contributed by atoms with van der Waals surface area (Å²) in [4.78, 5) is 22.7. The molecule has 0 aliphatic carbocycles. The first-order valence-electron chi connectivity index (χ1n) is 5.08. The first kappa shape index (κ1) is 15.4. The molecule has 0 aliphatic heterocycles. The number of carbonyl (C=O) groups is 2. The van der Waals surface area contributed by atoms with Crippen LogP contribution in [0.2, 0.25) is 0 Å². The van der Waals surface area contributed by atoms with E-state index in [1.54, 1.807) is 0 Å². The number of hydrogen-bond donors (Lipinski definition) is 1. The molecule has 1 aromatic rings. The molecular weight excluding hydrogens is 294 g/mol. The van der Waals surface area contributed by atoms with Gasteiger partial charge in [0.15, 0.2) is 5.25 Å². The topological polar surface area (TPSA) is 98.8 Å². The van der Waals surface area contributed by atoms with Crippen LogP contribution < -0.4 is 4.72 Å². The lowest BCUT2D eigenvalue weighted by molar-refractivity contribution is -0.139. The van der Waals surface area contributed by atoms with E-state index in [-0.39, 0.29) is 10.6 Å². The second-order valence-corrected chi connectivity index (χ2v) is 6.38. The van der Waals surface area contributed by atoms with E-state index in [1.807, 2.05) is 0 Å². The summed E-state index contributed by atoms with van der Waals surface area (Å²) in [6.07, 6.45) is 0. The molecule has 106 valence electrons. The van der Waals surface area contributed by atoms with Crippen LogP contribution in [0.25, 0.3) is 0 Å². The molecule has 19 heavy (non-hydrogen) atoms. The number of methoxy groups -OCH3 is 2. The lowest BCUT2D eigenvalue weighted by Crippen LogP contribution is -2.33. The van der Waals surface area contributed by atoms with Crippen molar-refractivity contribution in [2.75, 3.05) is 18.9 Å². The van der Waals surface area contributed by atoms with Gasteiger partial charge in [-0.3, -0.25) is 9.52 Å². The molecule has 1 aromatic heterocycles. The Labute approximate surface area is 114 Å². The van der Waals surface area contributed by atoms with Crippen molar-refractivity contribution in [3.63, 3.8) is 0 Å². The first-order chi connectivity index (χ1) is 8.83. The predicted molar refractivity (Wildman–Crippen MR) is 69.7 cm³/mol. The zero-order valence-corrected chi connectivity index (χ0v) is 12.1. The van der Waals surface area contributed by atoms with Crippen molar-refractivity contribution in [3.8, 4) is 0 Å². The van der Waals surface area contributed by atoms with E-state index >= 15 is 0 Å². The SMILES string of the molecule is COC(=O)c1sccc1NS(=O)(=O)C(C)C(=O)OC. The van der Waals surface area contributed by atoms with Gasteiger partial charge >= 0.3 is 11.9 Å². The van der Waals surface area contributed by atoms with Crippen molar-refractivity contribution in [1.29, 1.82) is 0 Å². The molecule has 1 heterocycles. The van der Waals surface area contributed by atoms with Gasteiger partial charge in [0.2, 0.25) is 10.0 Å². The van der Waals surface area contributed by atoms with Gasteiger partial charge in [0, 0.05) is 0 Å². The van der Waals surface area contributed by atoms with Crippen molar-refractivity contribution in [2.24, 2.45) is 0 Å². The van der Waals surface area contributed by atoms with E-state index in [9.17, 15) is 18.0 Å². The molecule has 7 nitrogen and oxygen atoms in total. The fraction of sp³-hybridized carbons (Fsp3) is 0.400. The van der Waals surface area contributed by atoms with Crippen LogP contribution in [0.1, 0.15) is 16.6 Å². The van der Waals surface area contributed by atoms with E-state index in [0.29, 0.717) is 0 Å². The molecule has 9 heteroatoms.